The molecule has 0 bridgehead atoms. The number of nitrogens with one attached hydrogen (secondary N) is 1. The summed E-state index contributed by atoms with van der Waals surface area (Å²) >= 11 is 0. The van der Waals surface area contributed by atoms with Crippen molar-refractivity contribution in [2.24, 2.45) is 11.8 Å². The van der Waals surface area contributed by atoms with E-state index < -0.39 is 29.9 Å². The minimum atomic E-state index is -0.883. The molecule has 0 radical (unpaired) electrons. The molecular weight excluding hydrogens is 392 g/mol. The number of nitrogens with zero attached hydrogens (tertiary/aromatic N) is 1. The zero-order chi connectivity index (χ0) is 21.7. The van der Waals surface area contributed by atoms with Crippen molar-refractivity contribution in [3.63, 3.8) is 0 Å². The van der Waals surface area contributed by atoms with E-state index in [9.17, 15) is 14.4 Å². The number of fused-ring (bicyclic) bond motifs is 2. The summed E-state index contributed by atoms with van der Waals surface area (Å²) in [6, 6.07) is 19.7. The van der Waals surface area contributed by atoms with Gasteiger partial charge in [-0.2, -0.15) is 0 Å². The SMILES string of the molecule is COC(=O)[C@H]1N[C@@H](c2cccc3ccccc23)[C@H]2C(=O)N(c3ccc(C)cc3)C(=O)[C@H]21. The number of esters is 1. The van der Waals surface area contributed by atoms with Gasteiger partial charge in [-0.1, -0.05) is 60.2 Å². The van der Waals surface area contributed by atoms with E-state index in [0.29, 0.717) is 5.69 Å². The maximum absolute atomic E-state index is 13.6. The first-order valence-electron chi connectivity index (χ1n) is 10.3. The van der Waals surface area contributed by atoms with Gasteiger partial charge in [-0.15, -0.1) is 0 Å². The predicted molar refractivity (Wildman–Crippen MR) is 116 cm³/mol. The van der Waals surface area contributed by atoms with Gasteiger partial charge in [0, 0.05) is 6.04 Å². The summed E-state index contributed by atoms with van der Waals surface area (Å²) in [6.07, 6.45) is 0. The molecule has 2 heterocycles. The van der Waals surface area contributed by atoms with Crippen LogP contribution in [0.25, 0.3) is 10.8 Å². The van der Waals surface area contributed by atoms with Gasteiger partial charge in [0.05, 0.1) is 24.6 Å². The highest BCUT2D eigenvalue weighted by molar-refractivity contribution is 6.23. The van der Waals surface area contributed by atoms with Crippen molar-refractivity contribution >= 4 is 34.2 Å². The Bertz CT molecular complexity index is 1200. The van der Waals surface area contributed by atoms with Crippen molar-refractivity contribution in [3.8, 4) is 0 Å². The summed E-state index contributed by atoms with van der Waals surface area (Å²) in [4.78, 5) is 40.8. The van der Waals surface area contributed by atoms with E-state index in [2.05, 4.69) is 5.32 Å². The van der Waals surface area contributed by atoms with Crippen LogP contribution in [0.5, 0.6) is 0 Å². The number of amides is 2. The number of hydrogen-bond donors (Lipinski definition) is 1. The first-order chi connectivity index (χ1) is 15.0. The Morgan fingerprint density at radius 3 is 2.32 bits per heavy atom. The second-order valence-corrected chi connectivity index (χ2v) is 8.11. The molecule has 5 rings (SSSR count). The Balaban J connectivity index is 1.63. The van der Waals surface area contributed by atoms with Crippen LogP contribution in [0.3, 0.4) is 0 Å². The van der Waals surface area contributed by atoms with E-state index in [0.717, 1.165) is 21.9 Å². The summed E-state index contributed by atoms with van der Waals surface area (Å²) in [7, 11) is 1.29. The number of carbonyl (C=O) groups is 3. The van der Waals surface area contributed by atoms with Gasteiger partial charge in [-0.3, -0.25) is 19.7 Å². The lowest BCUT2D eigenvalue weighted by molar-refractivity contribution is -0.145. The number of rotatable bonds is 3. The van der Waals surface area contributed by atoms with Crippen molar-refractivity contribution in [1.29, 1.82) is 0 Å². The van der Waals surface area contributed by atoms with E-state index in [1.165, 1.54) is 12.0 Å². The molecule has 156 valence electrons. The highest BCUT2D eigenvalue weighted by Gasteiger charge is 2.61. The van der Waals surface area contributed by atoms with Crippen LogP contribution in [-0.2, 0) is 19.1 Å². The molecule has 2 fully saturated rings. The molecule has 3 aromatic rings. The number of imide groups is 1. The molecule has 1 N–H and O–H groups in total. The Labute approximate surface area is 179 Å². The molecule has 0 aliphatic carbocycles. The highest BCUT2D eigenvalue weighted by Crippen LogP contribution is 2.46. The molecular formula is C25H22N2O4. The minimum Gasteiger partial charge on any atom is -0.468 e. The molecule has 0 saturated carbocycles. The average Bonchev–Trinajstić information content (AvgIpc) is 3.30. The first-order valence-corrected chi connectivity index (χ1v) is 10.3. The van der Waals surface area contributed by atoms with Crippen molar-refractivity contribution in [3.05, 3.63) is 77.9 Å². The fourth-order valence-corrected chi connectivity index (χ4v) is 4.91. The van der Waals surface area contributed by atoms with Gasteiger partial charge in [0.25, 0.3) is 0 Å². The number of carbonyl (C=O) groups excluding carboxylic acids is 3. The molecule has 2 aliphatic heterocycles. The molecule has 0 spiro atoms. The Morgan fingerprint density at radius 1 is 0.903 bits per heavy atom. The number of benzene rings is 3. The smallest absolute Gasteiger partial charge is 0.323 e. The molecule has 4 atom stereocenters. The van der Waals surface area contributed by atoms with Gasteiger partial charge in [0.15, 0.2) is 0 Å². The van der Waals surface area contributed by atoms with Crippen molar-refractivity contribution < 1.29 is 19.1 Å². The monoisotopic (exact) mass is 414 g/mol. The Hall–Kier alpha value is -3.51. The molecule has 31 heavy (non-hydrogen) atoms. The van der Waals surface area contributed by atoms with E-state index in [4.69, 9.17) is 4.74 Å². The third-order valence-corrected chi connectivity index (χ3v) is 6.38. The number of hydrogen-bond acceptors (Lipinski definition) is 5. The molecule has 2 aliphatic rings. The van der Waals surface area contributed by atoms with Crippen LogP contribution < -0.4 is 10.2 Å². The summed E-state index contributed by atoms with van der Waals surface area (Å²) < 4.78 is 4.97. The predicted octanol–water partition coefficient (Wildman–Crippen LogP) is 3.14. The van der Waals surface area contributed by atoms with Crippen LogP contribution in [-0.4, -0.2) is 30.9 Å². The lowest BCUT2D eigenvalue weighted by Gasteiger charge is -2.23. The minimum absolute atomic E-state index is 0.296. The van der Waals surface area contributed by atoms with Crippen LogP contribution in [0.15, 0.2) is 66.7 Å². The largest absolute Gasteiger partial charge is 0.468 e. The van der Waals surface area contributed by atoms with Gasteiger partial charge in [0.2, 0.25) is 11.8 Å². The highest BCUT2D eigenvalue weighted by atomic mass is 16.5. The van der Waals surface area contributed by atoms with Crippen LogP contribution in [0, 0.1) is 18.8 Å². The fraction of sp³-hybridized carbons (Fsp3) is 0.240. The van der Waals surface area contributed by atoms with E-state index in [1.54, 1.807) is 12.1 Å². The fourth-order valence-electron chi connectivity index (χ4n) is 4.91. The Morgan fingerprint density at radius 2 is 1.58 bits per heavy atom. The van der Waals surface area contributed by atoms with Crippen molar-refractivity contribution in [1.82, 2.24) is 5.32 Å². The van der Waals surface area contributed by atoms with Crippen LogP contribution in [0.1, 0.15) is 17.2 Å². The van der Waals surface area contributed by atoms with Gasteiger partial charge >= 0.3 is 5.97 Å². The first kappa shape index (κ1) is 19.5. The van der Waals surface area contributed by atoms with Gasteiger partial charge in [-0.05, 0) is 35.4 Å². The van der Waals surface area contributed by atoms with Crippen molar-refractivity contribution in [2.75, 3.05) is 12.0 Å². The zero-order valence-corrected chi connectivity index (χ0v) is 17.2. The number of aryl methyl sites for hydroxylation is 1. The lowest BCUT2D eigenvalue weighted by Crippen LogP contribution is -2.43. The van der Waals surface area contributed by atoms with Crippen LogP contribution in [0.2, 0.25) is 0 Å². The maximum Gasteiger partial charge on any atom is 0.323 e. The quantitative estimate of drug-likeness (QED) is 0.526. The van der Waals surface area contributed by atoms with Crippen molar-refractivity contribution in [2.45, 2.75) is 19.0 Å². The lowest BCUT2D eigenvalue weighted by atomic mass is 9.85. The van der Waals surface area contributed by atoms with E-state index in [-0.39, 0.29) is 11.8 Å². The van der Waals surface area contributed by atoms with Gasteiger partial charge < -0.3 is 4.74 Å². The normalized spacial score (nSPS) is 25.2. The number of methoxy groups -OCH3 is 1. The topological polar surface area (TPSA) is 75.7 Å². The summed E-state index contributed by atoms with van der Waals surface area (Å²) in [5, 5.41) is 5.27. The molecule has 3 aromatic carbocycles. The molecule has 6 nitrogen and oxygen atoms in total. The van der Waals surface area contributed by atoms with Crippen LogP contribution >= 0.6 is 0 Å². The number of ether oxygens (including phenoxy) is 1. The van der Waals surface area contributed by atoms with E-state index >= 15 is 0 Å². The zero-order valence-electron chi connectivity index (χ0n) is 17.2. The standard InChI is InChI=1S/C25H22N2O4/c1-14-10-12-16(13-11-14)27-23(28)19-20(24(27)29)22(25(30)31-2)26-21(19)18-9-5-7-15-6-3-4-8-17(15)18/h3-13,19-22,26H,1-2H3/t19-,20+,21-,22-/m0/s1. The number of anilines is 1. The van der Waals surface area contributed by atoms with Crippen LogP contribution in [0.4, 0.5) is 5.69 Å². The van der Waals surface area contributed by atoms with Gasteiger partial charge in [-0.25, -0.2) is 4.90 Å². The second kappa shape index (κ2) is 7.32. The third kappa shape index (κ3) is 2.94. The maximum atomic E-state index is 13.6. The molecule has 2 saturated heterocycles. The summed E-state index contributed by atoms with van der Waals surface area (Å²) in [6.45, 7) is 1.94. The third-order valence-electron chi connectivity index (χ3n) is 6.38. The summed E-state index contributed by atoms with van der Waals surface area (Å²) in [5.41, 5.74) is 2.45. The summed E-state index contributed by atoms with van der Waals surface area (Å²) in [5.74, 6) is -2.71. The molecule has 6 heteroatoms. The second-order valence-electron chi connectivity index (χ2n) is 8.11. The Kier molecular flexibility index (Phi) is 4.59. The molecule has 2 amide bonds. The van der Waals surface area contributed by atoms with Gasteiger partial charge in [0.1, 0.15) is 6.04 Å². The molecule has 0 aromatic heterocycles. The van der Waals surface area contributed by atoms with E-state index in [1.807, 2.05) is 61.5 Å². The average molecular weight is 414 g/mol. The molecule has 0 unspecified atom stereocenters.